The minimum absolute atomic E-state index is 0.300. The van der Waals surface area contributed by atoms with Crippen molar-refractivity contribution >= 4 is 22.6 Å². The van der Waals surface area contributed by atoms with Gasteiger partial charge in [0.2, 0.25) is 5.78 Å². The quantitative estimate of drug-likeness (QED) is 0.587. The first kappa shape index (κ1) is 13.1. The van der Waals surface area contributed by atoms with Crippen molar-refractivity contribution in [1.29, 1.82) is 0 Å². The molecule has 1 amide bonds. The summed E-state index contributed by atoms with van der Waals surface area (Å²) in [6.07, 6.45) is 1.95. The predicted molar refractivity (Wildman–Crippen MR) is 79.7 cm³/mol. The lowest BCUT2D eigenvalue weighted by Crippen LogP contribution is -2.22. The van der Waals surface area contributed by atoms with E-state index in [2.05, 4.69) is 5.10 Å². The van der Waals surface area contributed by atoms with Crippen LogP contribution in [0.15, 0.2) is 48.7 Å². The molecule has 0 aliphatic carbocycles. The minimum Gasteiger partial charge on any atom is -0.363 e. The maximum atomic E-state index is 11.5. The fraction of sp³-hybridized carbons (Fsp3) is 0.0625. The van der Waals surface area contributed by atoms with Gasteiger partial charge in [-0.25, -0.2) is 0 Å². The Morgan fingerprint density at radius 1 is 1.05 bits per heavy atom. The number of fused-ring (bicyclic) bond motifs is 1. The molecule has 0 bridgehead atoms. The molecule has 3 aromatic rings. The van der Waals surface area contributed by atoms with Crippen molar-refractivity contribution in [3.05, 3.63) is 54.2 Å². The van der Waals surface area contributed by atoms with Crippen LogP contribution in [0.1, 0.15) is 10.4 Å². The summed E-state index contributed by atoms with van der Waals surface area (Å²) < 4.78 is 1.77. The van der Waals surface area contributed by atoms with Crippen molar-refractivity contribution in [3.63, 3.8) is 0 Å². The van der Waals surface area contributed by atoms with Gasteiger partial charge < -0.3 is 5.73 Å². The standard InChI is InChI=1S/C16H13N3O2/c1-19-9-13-8-12(6-7-14(13)18-19)10-2-4-11(5-3-10)15(20)16(17)21/h2-9H,1H3,(H2,17,21). The maximum Gasteiger partial charge on any atom is 0.289 e. The van der Waals surface area contributed by atoms with Gasteiger partial charge in [0.15, 0.2) is 0 Å². The van der Waals surface area contributed by atoms with Gasteiger partial charge in [-0.1, -0.05) is 30.3 Å². The number of Topliss-reactive ketones (excluding diaryl/α,β-unsaturated/α-hetero) is 1. The first-order chi connectivity index (χ1) is 10.0. The molecule has 5 nitrogen and oxygen atoms in total. The van der Waals surface area contributed by atoms with E-state index in [0.29, 0.717) is 5.56 Å². The molecule has 0 saturated carbocycles. The Kier molecular flexibility index (Phi) is 3.02. The smallest absolute Gasteiger partial charge is 0.289 e. The highest BCUT2D eigenvalue weighted by atomic mass is 16.2. The van der Waals surface area contributed by atoms with Crippen LogP contribution in [-0.4, -0.2) is 21.5 Å². The molecule has 104 valence electrons. The SMILES string of the molecule is Cn1cc2cc(-c3ccc(C(=O)C(N)=O)cc3)ccc2n1. The third kappa shape index (κ3) is 2.41. The molecule has 1 heterocycles. The van der Waals surface area contributed by atoms with E-state index in [0.717, 1.165) is 22.0 Å². The molecule has 0 unspecified atom stereocenters. The predicted octanol–water partition coefficient (Wildman–Crippen LogP) is 1.91. The second kappa shape index (κ2) is 4.86. The number of aryl methyl sites for hydroxylation is 1. The summed E-state index contributed by atoms with van der Waals surface area (Å²) in [4.78, 5) is 22.4. The summed E-state index contributed by atoms with van der Waals surface area (Å²) >= 11 is 0. The summed E-state index contributed by atoms with van der Waals surface area (Å²) in [5.74, 6) is -1.62. The van der Waals surface area contributed by atoms with Crippen molar-refractivity contribution in [3.8, 4) is 11.1 Å². The number of nitrogens with two attached hydrogens (primary N) is 1. The topological polar surface area (TPSA) is 78.0 Å². The van der Waals surface area contributed by atoms with E-state index in [-0.39, 0.29) is 0 Å². The minimum atomic E-state index is -0.945. The highest BCUT2D eigenvalue weighted by Gasteiger charge is 2.12. The first-order valence-corrected chi connectivity index (χ1v) is 6.42. The number of carbonyl (C=O) groups is 2. The molecule has 2 N–H and O–H groups in total. The highest BCUT2D eigenvalue weighted by molar-refractivity contribution is 6.42. The summed E-state index contributed by atoms with van der Waals surface area (Å²) in [5.41, 5.74) is 8.20. The van der Waals surface area contributed by atoms with Crippen molar-refractivity contribution < 1.29 is 9.59 Å². The van der Waals surface area contributed by atoms with Crippen LogP contribution in [0.5, 0.6) is 0 Å². The largest absolute Gasteiger partial charge is 0.363 e. The number of primary amides is 1. The Balaban J connectivity index is 1.98. The summed E-state index contributed by atoms with van der Waals surface area (Å²) in [7, 11) is 1.88. The van der Waals surface area contributed by atoms with Crippen molar-refractivity contribution in [2.24, 2.45) is 12.8 Å². The average Bonchev–Trinajstić information content (AvgIpc) is 2.85. The molecule has 2 aromatic carbocycles. The number of nitrogens with zero attached hydrogens (tertiary/aromatic N) is 2. The Morgan fingerprint density at radius 3 is 2.38 bits per heavy atom. The molecule has 21 heavy (non-hydrogen) atoms. The molecule has 5 heteroatoms. The van der Waals surface area contributed by atoms with Gasteiger partial charge in [0.1, 0.15) is 0 Å². The van der Waals surface area contributed by atoms with Gasteiger partial charge in [-0.05, 0) is 23.3 Å². The fourth-order valence-corrected chi connectivity index (χ4v) is 2.28. The van der Waals surface area contributed by atoms with Gasteiger partial charge in [0, 0.05) is 24.2 Å². The summed E-state index contributed by atoms with van der Waals surface area (Å²) in [6, 6.07) is 12.8. The zero-order valence-corrected chi connectivity index (χ0v) is 11.4. The molecule has 1 aromatic heterocycles. The normalized spacial score (nSPS) is 10.7. The third-order valence-corrected chi connectivity index (χ3v) is 3.32. The van der Waals surface area contributed by atoms with Crippen LogP contribution < -0.4 is 5.73 Å². The van der Waals surface area contributed by atoms with Gasteiger partial charge in [-0.3, -0.25) is 14.3 Å². The van der Waals surface area contributed by atoms with Crippen LogP contribution in [0, 0.1) is 0 Å². The van der Waals surface area contributed by atoms with Crippen LogP contribution in [-0.2, 0) is 11.8 Å². The molecule has 0 aliphatic heterocycles. The number of hydrogen-bond donors (Lipinski definition) is 1. The fourth-order valence-electron chi connectivity index (χ4n) is 2.28. The zero-order chi connectivity index (χ0) is 15.0. The van der Waals surface area contributed by atoms with Crippen molar-refractivity contribution in [2.45, 2.75) is 0 Å². The van der Waals surface area contributed by atoms with E-state index in [1.165, 1.54) is 0 Å². The van der Waals surface area contributed by atoms with E-state index in [4.69, 9.17) is 5.73 Å². The number of hydrogen-bond acceptors (Lipinski definition) is 3. The second-order valence-electron chi connectivity index (χ2n) is 4.85. The summed E-state index contributed by atoms with van der Waals surface area (Å²) in [6.45, 7) is 0. The molecule has 3 rings (SSSR count). The Hall–Kier alpha value is -2.95. The lowest BCUT2D eigenvalue weighted by atomic mass is 10.0. The highest BCUT2D eigenvalue weighted by Crippen LogP contribution is 2.24. The number of carbonyl (C=O) groups excluding carboxylic acids is 2. The van der Waals surface area contributed by atoms with E-state index in [1.54, 1.807) is 28.9 Å². The molecule has 0 atom stereocenters. The molecule has 0 spiro atoms. The van der Waals surface area contributed by atoms with Crippen molar-refractivity contribution in [1.82, 2.24) is 9.78 Å². The Morgan fingerprint density at radius 2 is 1.71 bits per heavy atom. The molecular weight excluding hydrogens is 266 g/mol. The van der Waals surface area contributed by atoms with Gasteiger partial charge in [-0.15, -0.1) is 0 Å². The van der Waals surface area contributed by atoms with Crippen LogP contribution in [0.4, 0.5) is 0 Å². The average molecular weight is 279 g/mol. The van der Waals surface area contributed by atoms with Gasteiger partial charge in [0.25, 0.3) is 5.91 Å². The molecular formula is C16H13N3O2. The van der Waals surface area contributed by atoms with Crippen molar-refractivity contribution in [2.75, 3.05) is 0 Å². The first-order valence-electron chi connectivity index (χ1n) is 6.42. The number of amides is 1. The number of benzene rings is 2. The van der Waals surface area contributed by atoms with E-state index < -0.39 is 11.7 Å². The van der Waals surface area contributed by atoms with Crippen LogP contribution >= 0.6 is 0 Å². The van der Waals surface area contributed by atoms with Gasteiger partial charge in [0.05, 0.1) is 5.52 Å². The molecule has 0 radical (unpaired) electrons. The Bertz CT molecular complexity index is 848. The number of ketones is 1. The van der Waals surface area contributed by atoms with Gasteiger partial charge >= 0.3 is 0 Å². The third-order valence-electron chi connectivity index (χ3n) is 3.32. The lowest BCUT2D eigenvalue weighted by Gasteiger charge is -2.03. The monoisotopic (exact) mass is 279 g/mol. The summed E-state index contributed by atoms with van der Waals surface area (Å²) in [5, 5.41) is 5.37. The van der Waals surface area contributed by atoms with Crippen LogP contribution in [0.3, 0.4) is 0 Å². The number of aromatic nitrogens is 2. The number of rotatable bonds is 3. The Labute approximate surface area is 121 Å². The second-order valence-corrected chi connectivity index (χ2v) is 4.85. The van der Waals surface area contributed by atoms with Crippen LogP contribution in [0.25, 0.3) is 22.0 Å². The van der Waals surface area contributed by atoms with E-state index in [9.17, 15) is 9.59 Å². The van der Waals surface area contributed by atoms with Crippen LogP contribution in [0.2, 0.25) is 0 Å². The lowest BCUT2D eigenvalue weighted by molar-refractivity contribution is -0.114. The van der Waals surface area contributed by atoms with E-state index >= 15 is 0 Å². The maximum absolute atomic E-state index is 11.5. The van der Waals surface area contributed by atoms with E-state index in [1.807, 2.05) is 31.4 Å². The molecule has 0 fully saturated rings. The van der Waals surface area contributed by atoms with Gasteiger partial charge in [-0.2, -0.15) is 5.10 Å². The molecule has 0 saturated heterocycles. The zero-order valence-electron chi connectivity index (χ0n) is 11.4. The molecule has 0 aliphatic rings.